The molecule has 4 nitrogen and oxygen atoms in total. The fourth-order valence-electron chi connectivity index (χ4n) is 3.36. The molecule has 2 rings (SSSR count). The van der Waals surface area contributed by atoms with Crippen LogP contribution in [0.25, 0.3) is 0 Å². The number of nitrogens with zero attached hydrogens (tertiary/aromatic N) is 1. The van der Waals surface area contributed by atoms with E-state index >= 15 is 0 Å². The summed E-state index contributed by atoms with van der Waals surface area (Å²) in [6.45, 7) is 6.43. The molecule has 20 heavy (non-hydrogen) atoms. The molecule has 0 spiro atoms. The van der Waals surface area contributed by atoms with Crippen LogP contribution in [0.1, 0.15) is 58.8 Å². The van der Waals surface area contributed by atoms with E-state index in [1.807, 2.05) is 6.92 Å². The lowest BCUT2D eigenvalue weighted by Gasteiger charge is -2.28. The molecule has 1 heterocycles. The van der Waals surface area contributed by atoms with E-state index in [9.17, 15) is 9.90 Å². The SMILES string of the molecule is CC1CCC(NC(=O)CN2CCCC(C)(O)CC2)CC1. The maximum Gasteiger partial charge on any atom is 0.234 e. The smallest absolute Gasteiger partial charge is 0.234 e. The Labute approximate surface area is 122 Å². The lowest BCUT2D eigenvalue weighted by Crippen LogP contribution is -2.43. The molecule has 1 aliphatic heterocycles. The van der Waals surface area contributed by atoms with Gasteiger partial charge in [-0.05, 0) is 64.3 Å². The molecule has 1 saturated heterocycles. The molecule has 2 fully saturated rings. The second-order valence-electron chi connectivity index (χ2n) is 7.15. The van der Waals surface area contributed by atoms with Crippen LogP contribution in [0, 0.1) is 5.92 Å². The predicted octanol–water partition coefficient (Wildman–Crippen LogP) is 1.92. The summed E-state index contributed by atoms with van der Waals surface area (Å²) in [6.07, 6.45) is 7.30. The van der Waals surface area contributed by atoms with Crippen LogP contribution >= 0.6 is 0 Å². The van der Waals surface area contributed by atoms with Crippen LogP contribution in [0.5, 0.6) is 0 Å². The van der Waals surface area contributed by atoms with Crippen LogP contribution < -0.4 is 5.32 Å². The maximum absolute atomic E-state index is 12.1. The number of carbonyl (C=O) groups excluding carboxylic acids is 1. The van der Waals surface area contributed by atoms with Gasteiger partial charge >= 0.3 is 0 Å². The van der Waals surface area contributed by atoms with Crippen molar-refractivity contribution in [3.05, 3.63) is 0 Å². The summed E-state index contributed by atoms with van der Waals surface area (Å²) < 4.78 is 0. The Morgan fingerprint density at radius 3 is 2.65 bits per heavy atom. The van der Waals surface area contributed by atoms with E-state index in [1.54, 1.807) is 0 Å². The average molecular weight is 282 g/mol. The fraction of sp³-hybridized carbons (Fsp3) is 0.938. The van der Waals surface area contributed by atoms with Crippen LogP contribution in [0.3, 0.4) is 0 Å². The lowest BCUT2D eigenvalue weighted by atomic mass is 9.87. The number of likely N-dealkylation sites (tertiary alicyclic amines) is 1. The van der Waals surface area contributed by atoms with E-state index in [0.717, 1.165) is 51.1 Å². The summed E-state index contributed by atoms with van der Waals surface area (Å²) in [7, 11) is 0. The van der Waals surface area contributed by atoms with Gasteiger partial charge in [-0.1, -0.05) is 6.92 Å². The molecule has 0 bridgehead atoms. The largest absolute Gasteiger partial charge is 0.390 e. The zero-order valence-corrected chi connectivity index (χ0v) is 13.0. The van der Waals surface area contributed by atoms with Gasteiger partial charge in [0.15, 0.2) is 0 Å². The Morgan fingerprint density at radius 1 is 1.25 bits per heavy atom. The average Bonchev–Trinajstić information content (AvgIpc) is 2.54. The second-order valence-corrected chi connectivity index (χ2v) is 7.15. The van der Waals surface area contributed by atoms with Gasteiger partial charge in [-0.3, -0.25) is 9.69 Å². The van der Waals surface area contributed by atoms with Crippen LogP contribution in [0.2, 0.25) is 0 Å². The van der Waals surface area contributed by atoms with Gasteiger partial charge in [0, 0.05) is 12.6 Å². The number of amides is 1. The van der Waals surface area contributed by atoms with E-state index < -0.39 is 5.60 Å². The van der Waals surface area contributed by atoms with Crippen molar-refractivity contribution in [3.8, 4) is 0 Å². The molecule has 0 radical (unpaired) electrons. The molecule has 1 atom stereocenters. The highest BCUT2D eigenvalue weighted by atomic mass is 16.3. The summed E-state index contributed by atoms with van der Waals surface area (Å²) >= 11 is 0. The predicted molar refractivity (Wildman–Crippen MR) is 80.5 cm³/mol. The highest BCUT2D eigenvalue weighted by Gasteiger charge is 2.26. The first-order valence-electron chi connectivity index (χ1n) is 8.19. The van der Waals surface area contributed by atoms with Gasteiger partial charge in [0.25, 0.3) is 0 Å². The second kappa shape index (κ2) is 6.90. The van der Waals surface area contributed by atoms with Crippen molar-refractivity contribution in [2.24, 2.45) is 5.92 Å². The summed E-state index contributed by atoms with van der Waals surface area (Å²) in [5, 5.41) is 13.2. The third kappa shape index (κ3) is 5.06. The topological polar surface area (TPSA) is 52.6 Å². The summed E-state index contributed by atoms with van der Waals surface area (Å²) in [5.41, 5.74) is -0.551. The zero-order chi connectivity index (χ0) is 14.6. The minimum atomic E-state index is -0.551. The number of hydrogen-bond donors (Lipinski definition) is 2. The van der Waals surface area contributed by atoms with Gasteiger partial charge < -0.3 is 10.4 Å². The number of nitrogens with one attached hydrogen (secondary N) is 1. The highest BCUT2D eigenvalue weighted by Crippen LogP contribution is 2.24. The van der Waals surface area contributed by atoms with Gasteiger partial charge in [-0.15, -0.1) is 0 Å². The van der Waals surface area contributed by atoms with Crippen molar-refractivity contribution in [3.63, 3.8) is 0 Å². The fourth-order valence-corrected chi connectivity index (χ4v) is 3.36. The van der Waals surface area contributed by atoms with Gasteiger partial charge in [0.05, 0.1) is 12.1 Å². The Morgan fingerprint density at radius 2 is 1.95 bits per heavy atom. The molecule has 2 N–H and O–H groups in total. The summed E-state index contributed by atoms with van der Waals surface area (Å²) in [6, 6.07) is 0.383. The van der Waals surface area contributed by atoms with Crippen molar-refractivity contribution in [2.75, 3.05) is 19.6 Å². The van der Waals surface area contributed by atoms with E-state index in [2.05, 4.69) is 17.1 Å². The van der Waals surface area contributed by atoms with E-state index in [-0.39, 0.29) is 5.91 Å². The number of carbonyl (C=O) groups is 1. The molecule has 116 valence electrons. The van der Waals surface area contributed by atoms with E-state index in [0.29, 0.717) is 12.6 Å². The van der Waals surface area contributed by atoms with Crippen molar-refractivity contribution >= 4 is 5.91 Å². The first-order chi connectivity index (χ1) is 9.44. The maximum atomic E-state index is 12.1. The first kappa shape index (κ1) is 15.8. The summed E-state index contributed by atoms with van der Waals surface area (Å²) in [4.78, 5) is 14.3. The Hall–Kier alpha value is -0.610. The Balaban J connectivity index is 1.71. The Kier molecular flexibility index (Phi) is 5.44. The molecule has 4 heteroatoms. The van der Waals surface area contributed by atoms with E-state index in [1.165, 1.54) is 12.8 Å². The Bertz CT molecular complexity index is 322. The standard InChI is InChI=1S/C16H30N2O2/c1-13-4-6-14(7-5-13)17-15(19)12-18-10-3-8-16(2,20)9-11-18/h13-14,20H,3-12H2,1-2H3,(H,17,19). The zero-order valence-electron chi connectivity index (χ0n) is 13.0. The molecule has 1 amide bonds. The van der Waals surface area contributed by atoms with Crippen LogP contribution in [-0.2, 0) is 4.79 Å². The van der Waals surface area contributed by atoms with Crippen molar-refractivity contribution in [1.82, 2.24) is 10.2 Å². The van der Waals surface area contributed by atoms with Crippen molar-refractivity contribution < 1.29 is 9.90 Å². The first-order valence-corrected chi connectivity index (χ1v) is 8.19. The molecule has 1 unspecified atom stereocenters. The van der Waals surface area contributed by atoms with Crippen LogP contribution in [0.15, 0.2) is 0 Å². The lowest BCUT2D eigenvalue weighted by molar-refractivity contribution is -0.123. The third-order valence-electron chi connectivity index (χ3n) is 4.90. The molecule has 2 aliphatic rings. The normalized spacial score (nSPS) is 36.4. The molecule has 0 aromatic rings. The molecular weight excluding hydrogens is 252 g/mol. The van der Waals surface area contributed by atoms with Crippen molar-refractivity contribution in [1.29, 1.82) is 0 Å². The number of hydrogen-bond acceptors (Lipinski definition) is 3. The number of aliphatic hydroxyl groups is 1. The van der Waals surface area contributed by atoms with Gasteiger partial charge in [-0.25, -0.2) is 0 Å². The van der Waals surface area contributed by atoms with E-state index in [4.69, 9.17) is 0 Å². The third-order valence-corrected chi connectivity index (χ3v) is 4.90. The minimum Gasteiger partial charge on any atom is -0.390 e. The van der Waals surface area contributed by atoms with Gasteiger partial charge in [-0.2, -0.15) is 0 Å². The summed E-state index contributed by atoms with van der Waals surface area (Å²) in [5.74, 6) is 0.974. The number of rotatable bonds is 3. The molecular formula is C16H30N2O2. The van der Waals surface area contributed by atoms with Crippen molar-refractivity contribution in [2.45, 2.75) is 70.4 Å². The van der Waals surface area contributed by atoms with Crippen LogP contribution in [0.4, 0.5) is 0 Å². The minimum absolute atomic E-state index is 0.158. The van der Waals surface area contributed by atoms with Crippen LogP contribution in [-0.4, -0.2) is 47.2 Å². The quantitative estimate of drug-likeness (QED) is 0.831. The molecule has 1 saturated carbocycles. The molecule has 0 aromatic heterocycles. The monoisotopic (exact) mass is 282 g/mol. The highest BCUT2D eigenvalue weighted by molar-refractivity contribution is 5.78. The molecule has 0 aromatic carbocycles. The molecule has 1 aliphatic carbocycles. The van der Waals surface area contributed by atoms with Gasteiger partial charge in [0.2, 0.25) is 5.91 Å². The van der Waals surface area contributed by atoms with Gasteiger partial charge in [0.1, 0.15) is 0 Å².